The monoisotopic (exact) mass is 542 g/mol. The number of halogens is 1. The van der Waals surface area contributed by atoms with E-state index in [0.717, 1.165) is 38.6 Å². The van der Waals surface area contributed by atoms with Crippen molar-refractivity contribution in [3.05, 3.63) is 35.4 Å². The SMILES string of the molecule is CCNC(=NCc1ccc(CN2CCCC2=O)cc1)NCCOC1CCCCCC1.I. The molecular weight excluding hydrogens is 503 g/mol. The number of benzene rings is 1. The van der Waals surface area contributed by atoms with Gasteiger partial charge in [0, 0.05) is 32.6 Å². The van der Waals surface area contributed by atoms with Crippen molar-refractivity contribution >= 4 is 35.8 Å². The maximum Gasteiger partial charge on any atom is 0.222 e. The lowest BCUT2D eigenvalue weighted by Crippen LogP contribution is -2.39. The smallest absolute Gasteiger partial charge is 0.222 e. The van der Waals surface area contributed by atoms with Gasteiger partial charge >= 0.3 is 0 Å². The maximum absolute atomic E-state index is 11.8. The third-order valence-corrected chi connectivity index (χ3v) is 5.88. The van der Waals surface area contributed by atoms with Crippen LogP contribution in [0.15, 0.2) is 29.3 Å². The van der Waals surface area contributed by atoms with Gasteiger partial charge in [0.2, 0.25) is 5.91 Å². The summed E-state index contributed by atoms with van der Waals surface area (Å²) in [5.74, 6) is 1.10. The molecule has 1 amide bonds. The Morgan fingerprint density at radius 1 is 1.06 bits per heavy atom. The van der Waals surface area contributed by atoms with E-state index in [1.807, 2.05) is 4.90 Å². The molecule has 31 heavy (non-hydrogen) atoms. The topological polar surface area (TPSA) is 66.0 Å². The predicted octanol–water partition coefficient (Wildman–Crippen LogP) is 4.22. The van der Waals surface area contributed by atoms with Gasteiger partial charge in [-0.15, -0.1) is 24.0 Å². The fraction of sp³-hybridized carbons (Fsp3) is 0.667. The summed E-state index contributed by atoms with van der Waals surface area (Å²) in [7, 11) is 0. The molecule has 1 aliphatic heterocycles. The van der Waals surface area contributed by atoms with Crippen LogP contribution < -0.4 is 10.6 Å². The van der Waals surface area contributed by atoms with E-state index in [1.54, 1.807) is 0 Å². The Balaban J connectivity index is 0.00000341. The zero-order chi connectivity index (χ0) is 21.0. The van der Waals surface area contributed by atoms with Crippen molar-refractivity contribution in [1.29, 1.82) is 0 Å². The van der Waals surface area contributed by atoms with Crippen LogP contribution in [0.1, 0.15) is 69.4 Å². The van der Waals surface area contributed by atoms with Crippen molar-refractivity contribution in [2.75, 3.05) is 26.2 Å². The molecule has 2 aliphatic rings. The van der Waals surface area contributed by atoms with E-state index in [0.29, 0.717) is 25.6 Å². The predicted molar refractivity (Wildman–Crippen MR) is 137 cm³/mol. The lowest BCUT2D eigenvalue weighted by Gasteiger charge is -2.17. The number of hydrogen-bond acceptors (Lipinski definition) is 3. The molecule has 1 saturated carbocycles. The Bertz CT molecular complexity index is 673. The number of carbonyl (C=O) groups is 1. The summed E-state index contributed by atoms with van der Waals surface area (Å²) in [6.07, 6.45) is 9.83. The minimum absolute atomic E-state index is 0. The Kier molecular flexibility index (Phi) is 12.3. The molecule has 1 saturated heterocycles. The van der Waals surface area contributed by atoms with Crippen molar-refractivity contribution in [1.82, 2.24) is 15.5 Å². The third-order valence-electron chi connectivity index (χ3n) is 5.88. The highest BCUT2D eigenvalue weighted by molar-refractivity contribution is 14.0. The van der Waals surface area contributed by atoms with Crippen LogP contribution in [0.2, 0.25) is 0 Å². The number of carbonyl (C=O) groups excluding carboxylic acids is 1. The second-order valence-electron chi connectivity index (χ2n) is 8.34. The van der Waals surface area contributed by atoms with Gasteiger partial charge in [-0.3, -0.25) is 4.79 Å². The van der Waals surface area contributed by atoms with Gasteiger partial charge in [-0.25, -0.2) is 4.99 Å². The van der Waals surface area contributed by atoms with E-state index in [4.69, 9.17) is 9.73 Å². The van der Waals surface area contributed by atoms with Crippen molar-refractivity contribution in [2.45, 2.75) is 77.5 Å². The highest BCUT2D eigenvalue weighted by Gasteiger charge is 2.19. The molecule has 1 aliphatic carbocycles. The molecule has 0 atom stereocenters. The minimum atomic E-state index is 0. The van der Waals surface area contributed by atoms with Crippen LogP contribution in [0.25, 0.3) is 0 Å². The molecule has 0 spiro atoms. The second-order valence-corrected chi connectivity index (χ2v) is 8.34. The second kappa shape index (κ2) is 14.7. The summed E-state index contributed by atoms with van der Waals surface area (Å²) in [4.78, 5) is 18.4. The number of ether oxygens (including phenoxy) is 1. The molecule has 7 heteroatoms. The van der Waals surface area contributed by atoms with Crippen LogP contribution in [0, 0.1) is 0 Å². The van der Waals surface area contributed by atoms with Crippen LogP contribution in [0.5, 0.6) is 0 Å². The highest BCUT2D eigenvalue weighted by atomic mass is 127. The molecule has 174 valence electrons. The van der Waals surface area contributed by atoms with Crippen molar-refractivity contribution in [2.24, 2.45) is 4.99 Å². The Morgan fingerprint density at radius 2 is 1.77 bits per heavy atom. The van der Waals surface area contributed by atoms with Gasteiger partial charge in [0.1, 0.15) is 0 Å². The number of rotatable bonds is 9. The van der Waals surface area contributed by atoms with Crippen molar-refractivity contribution < 1.29 is 9.53 Å². The van der Waals surface area contributed by atoms with Gasteiger partial charge in [0.05, 0.1) is 19.3 Å². The molecular formula is C24H39IN4O2. The number of nitrogens with one attached hydrogen (secondary N) is 2. The number of likely N-dealkylation sites (tertiary alicyclic amines) is 1. The summed E-state index contributed by atoms with van der Waals surface area (Å²) in [5, 5.41) is 6.69. The molecule has 0 radical (unpaired) electrons. The van der Waals surface area contributed by atoms with Crippen molar-refractivity contribution in [3.63, 3.8) is 0 Å². The van der Waals surface area contributed by atoms with Gasteiger partial charge in [-0.2, -0.15) is 0 Å². The average molecular weight is 543 g/mol. The van der Waals surface area contributed by atoms with Crippen LogP contribution in [-0.2, 0) is 22.6 Å². The minimum Gasteiger partial charge on any atom is -0.376 e. The molecule has 0 bridgehead atoms. The standard InChI is InChI=1S/C24H38N4O2.HI/c1-2-25-24(26-15-17-30-22-8-5-3-4-6-9-22)27-18-20-11-13-21(14-12-20)19-28-16-7-10-23(28)29;/h11-14,22H,2-10,15-19H2,1H3,(H2,25,26,27);1H. The Morgan fingerprint density at radius 3 is 2.42 bits per heavy atom. The molecule has 1 aromatic carbocycles. The molecule has 1 aromatic rings. The fourth-order valence-electron chi connectivity index (χ4n) is 4.16. The maximum atomic E-state index is 11.8. The summed E-state index contributed by atoms with van der Waals surface area (Å²) in [6.45, 7) is 6.62. The third kappa shape index (κ3) is 9.35. The molecule has 0 aromatic heterocycles. The van der Waals surface area contributed by atoms with E-state index in [2.05, 4.69) is 41.8 Å². The van der Waals surface area contributed by atoms with Crippen LogP contribution in [-0.4, -0.2) is 49.1 Å². The van der Waals surface area contributed by atoms with E-state index >= 15 is 0 Å². The fourth-order valence-corrected chi connectivity index (χ4v) is 4.16. The first-order valence-electron chi connectivity index (χ1n) is 11.7. The highest BCUT2D eigenvalue weighted by Crippen LogP contribution is 2.19. The Hall–Kier alpha value is -1.35. The Labute approximate surface area is 204 Å². The van der Waals surface area contributed by atoms with Gasteiger partial charge in [-0.05, 0) is 37.3 Å². The number of aliphatic imine (C=N–C) groups is 1. The number of nitrogens with zero attached hydrogens (tertiary/aromatic N) is 2. The summed E-state index contributed by atoms with van der Waals surface area (Å²) in [6, 6.07) is 8.44. The zero-order valence-corrected chi connectivity index (χ0v) is 21.2. The first-order chi connectivity index (χ1) is 14.7. The van der Waals surface area contributed by atoms with Crippen molar-refractivity contribution in [3.8, 4) is 0 Å². The van der Waals surface area contributed by atoms with E-state index in [9.17, 15) is 4.79 Å². The molecule has 2 N–H and O–H groups in total. The van der Waals surface area contributed by atoms with E-state index in [-0.39, 0.29) is 29.9 Å². The van der Waals surface area contributed by atoms with E-state index < -0.39 is 0 Å². The normalized spacial score (nSPS) is 17.9. The molecule has 0 unspecified atom stereocenters. The quantitative estimate of drug-likeness (QED) is 0.161. The van der Waals surface area contributed by atoms with Crippen LogP contribution >= 0.6 is 24.0 Å². The summed E-state index contributed by atoms with van der Waals surface area (Å²) in [5.41, 5.74) is 2.34. The summed E-state index contributed by atoms with van der Waals surface area (Å²) < 4.78 is 6.06. The largest absolute Gasteiger partial charge is 0.376 e. The lowest BCUT2D eigenvalue weighted by atomic mass is 10.1. The van der Waals surface area contributed by atoms with Gasteiger partial charge in [0.15, 0.2) is 5.96 Å². The van der Waals surface area contributed by atoms with Crippen LogP contribution in [0.4, 0.5) is 0 Å². The summed E-state index contributed by atoms with van der Waals surface area (Å²) >= 11 is 0. The number of hydrogen-bond donors (Lipinski definition) is 2. The van der Waals surface area contributed by atoms with Gasteiger partial charge in [-0.1, -0.05) is 49.9 Å². The van der Waals surface area contributed by atoms with Crippen LogP contribution in [0.3, 0.4) is 0 Å². The molecule has 1 heterocycles. The van der Waals surface area contributed by atoms with E-state index in [1.165, 1.54) is 49.7 Å². The first-order valence-corrected chi connectivity index (χ1v) is 11.7. The zero-order valence-electron chi connectivity index (χ0n) is 18.9. The lowest BCUT2D eigenvalue weighted by molar-refractivity contribution is -0.128. The molecule has 3 rings (SSSR count). The number of guanidine groups is 1. The van der Waals surface area contributed by atoms with Gasteiger partial charge in [0.25, 0.3) is 0 Å². The first kappa shape index (κ1) is 25.9. The van der Waals surface area contributed by atoms with Gasteiger partial charge < -0.3 is 20.3 Å². The average Bonchev–Trinajstić information content (AvgIpc) is 3.00. The number of amides is 1. The molecule has 6 nitrogen and oxygen atoms in total. The molecule has 2 fully saturated rings.